The molecule has 0 saturated heterocycles. The lowest BCUT2D eigenvalue weighted by molar-refractivity contribution is 0.108. The van der Waals surface area contributed by atoms with Crippen LogP contribution in [0, 0.1) is 0 Å². The van der Waals surface area contributed by atoms with Crippen molar-refractivity contribution in [3.63, 3.8) is 0 Å². The number of hydrogen-bond acceptors (Lipinski definition) is 6. The molecule has 0 unspecified atom stereocenters. The maximum Gasteiger partial charge on any atom is 0.226 e. The van der Waals surface area contributed by atoms with E-state index in [-0.39, 0.29) is 12.7 Å². The van der Waals surface area contributed by atoms with Crippen molar-refractivity contribution in [2.45, 2.75) is 44.2 Å². The van der Waals surface area contributed by atoms with Crippen LogP contribution in [0.25, 0.3) is 20.3 Å². The number of aromatic nitrogens is 2. The Bertz CT molecular complexity index is 901. The summed E-state index contributed by atoms with van der Waals surface area (Å²) in [6, 6.07) is 6.98. The van der Waals surface area contributed by atoms with Crippen LogP contribution in [-0.2, 0) is 6.42 Å². The van der Waals surface area contributed by atoms with Gasteiger partial charge in [-0.1, -0.05) is 6.07 Å². The SMILES string of the molecule is CN(C)[C@H]1CC[C@H](Oc2ncnc3sc4ccc(CCO)cc4c23)CC1. The first-order valence-electron chi connectivity index (χ1n) is 9.26. The van der Waals surface area contributed by atoms with Crippen LogP contribution < -0.4 is 4.74 Å². The van der Waals surface area contributed by atoms with Gasteiger partial charge in [-0.25, -0.2) is 9.97 Å². The third-order valence-corrected chi connectivity index (χ3v) is 6.43. The van der Waals surface area contributed by atoms with E-state index in [1.54, 1.807) is 17.7 Å². The average Bonchev–Trinajstić information content (AvgIpc) is 3.01. The van der Waals surface area contributed by atoms with Gasteiger partial charge in [0.1, 0.15) is 17.3 Å². The van der Waals surface area contributed by atoms with Gasteiger partial charge in [0, 0.05) is 22.7 Å². The Morgan fingerprint density at radius 3 is 2.73 bits per heavy atom. The standard InChI is InChI=1S/C20H25N3O2S/c1-23(2)14-4-6-15(7-5-14)25-19-18-16-11-13(9-10-24)3-8-17(16)26-20(18)22-12-21-19/h3,8,11-12,14-15,24H,4-7,9-10H2,1-2H3/t14-,15-. The van der Waals surface area contributed by atoms with Crippen molar-refractivity contribution >= 4 is 31.6 Å². The summed E-state index contributed by atoms with van der Waals surface area (Å²) in [6.07, 6.45) is 6.94. The van der Waals surface area contributed by atoms with Crippen molar-refractivity contribution in [3.8, 4) is 5.88 Å². The smallest absolute Gasteiger partial charge is 0.226 e. The van der Waals surface area contributed by atoms with Crippen molar-refractivity contribution in [1.82, 2.24) is 14.9 Å². The van der Waals surface area contributed by atoms with Crippen molar-refractivity contribution in [3.05, 3.63) is 30.1 Å². The summed E-state index contributed by atoms with van der Waals surface area (Å²) in [5.41, 5.74) is 1.13. The van der Waals surface area contributed by atoms with E-state index >= 15 is 0 Å². The molecule has 1 aliphatic rings. The van der Waals surface area contributed by atoms with Gasteiger partial charge >= 0.3 is 0 Å². The summed E-state index contributed by atoms with van der Waals surface area (Å²) in [5, 5.41) is 11.4. The molecule has 26 heavy (non-hydrogen) atoms. The molecule has 4 rings (SSSR count). The minimum atomic E-state index is 0.155. The third-order valence-electron chi connectivity index (χ3n) is 5.35. The minimum Gasteiger partial charge on any atom is -0.474 e. The summed E-state index contributed by atoms with van der Waals surface area (Å²) in [4.78, 5) is 12.2. The highest BCUT2D eigenvalue weighted by molar-refractivity contribution is 7.25. The predicted octanol–water partition coefficient (Wildman–Crippen LogP) is 3.63. The van der Waals surface area contributed by atoms with Gasteiger partial charge in [-0.15, -0.1) is 11.3 Å². The van der Waals surface area contributed by atoms with Gasteiger partial charge in [-0.05, 0) is 63.9 Å². The number of hydrogen-bond donors (Lipinski definition) is 1. The van der Waals surface area contributed by atoms with Gasteiger partial charge in [-0.2, -0.15) is 0 Å². The number of rotatable bonds is 5. The molecule has 1 saturated carbocycles. The molecule has 0 atom stereocenters. The molecule has 2 heterocycles. The number of nitrogens with zero attached hydrogens (tertiary/aromatic N) is 3. The van der Waals surface area contributed by atoms with E-state index in [0.717, 1.165) is 46.8 Å². The van der Waals surface area contributed by atoms with Crippen LogP contribution in [0.1, 0.15) is 31.2 Å². The first-order valence-corrected chi connectivity index (χ1v) is 10.1. The van der Waals surface area contributed by atoms with E-state index in [1.165, 1.54) is 4.70 Å². The van der Waals surface area contributed by atoms with Crippen molar-refractivity contribution in [2.75, 3.05) is 20.7 Å². The molecule has 3 aromatic rings. The van der Waals surface area contributed by atoms with Crippen LogP contribution in [-0.4, -0.2) is 52.8 Å². The number of thiophene rings is 1. The zero-order valence-corrected chi connectivity index (χ0v) is 16.1. The first-order chi connectivity index (χ1) is 12.7. The number of aliphatic hydroxyl groups is 1. The van der Waals surface area contributed by atoms with Crippen LogP contribution in [0.2, 0.25) is 0 Å². The Balaban J connectivity index is 1.64. The van der Waals surface area contributed by atoms with Gasteiger partial charge < -0.3 is 14.7 Å². The molecule has 0 aliphatic heterocycles. The van der Waals surface area contributed by atoms with E-state index in [0.29, 0.717) is 18.3 Å². The topological polar surface area (TPSA) is 58.5 Å². The fourth-order valence-corrected chi connectivity index (χ4v) is 4.85. The molecular weight excluding hydrogens is 346 g/mol. The predicted molar refractivity (Wildman–Crippen MR) is 106 cm³/mol. The van der Waals surface area contributed by atoms with E-state index in [9.17, 15) is 5.11 Å². The second-order valence-corrected chi connectivity index (χ2v) is 8.31. The summed E-state index contributed by atoms with van der Waals surface area (Å²) in [6.45, 7) is 0.155. The molecule has 138 valence electrons. The molecule has 0 radical (unpaired) electrons. The van der Waals surface area contributed by atoms with E-state index in [4.69, 9.17) is 4.74 Å². The molecule has 6 heteroatoms. The Morgan fingerprint density at radius 2 is 2.00 bits per heavy atom. The molecule has 0 spiro atoms. The van der Waals surface area contributed by atoms with Crippen molar-refractivity contribution in [1.29, 1.82) is 0 Å². The Kier molecular flexibility index (Phi) is 5.07. The van der Waals surface area contributed by atoms with Gasteiger partial charge in [0.25, 0.3) is 0 Å². The summed E-state index contributed by atoms with van der Waals surface area (Å²) in [7, 11) is 4.31. The average molecular weight is 372 g/mol. The van der Waals surface area contributed by atoms with Crippen molar-refractivity contribution < 1.29 is 9.84 Å². The molecule has 1 aromatic carbocycles. The Labute approximate surface area is 157 Å². The largest absolute Gasteiger partial charge is 0.474 e. The Hall–Kier alpha value is -1.76. The van der Waals surface area contributed by atoms with Crippen LogP contribution in [0.5, 0.6) is 5.88 Å². The summed E-state index contributed by atoms with van der Waals surface area (Å²) >= 11 is 1.67. The number of fused-ring (bicyclic) bond motifs is 3. The van der Waals surface area contributed by atoms with Crippen LogP contribution in [0.15, 0.2) is 24.5 Å². The van der Waals surface area contributed by atoms with Crippen LogP contribution in [0.3, 0.4) is 0 Å². The first kappa shape index (κ1) is 17.6. The minimum absolute atomic E-state index is 0.155. The van der Waals surface area contributed by atoms with E-state index in [2.05, 4.69) is 47.2 Å². The summed E-state index contributed by atoms with van der Waals surface area (Å²) < 4.78 is 7.53. The summed E-state index contributed by atoms with van der Waals surface area (Å²) in [5.74, 6) is 0.704. The molecule has 2 aromatic heterocycles. The fourth-order valence-electron chi connectivity index (χ4n) is 3.84. The maximum absolute atomic E-state index is 9.24. The van der Waals surface area contributed by atoms with Crippen LogP contribution >= 0.6 is 11.3 Å². The second kappa shape index (κ2) is 7.47. The van der Waals surface area contributed by atoms with Crippen molar-refractivity contribution in [2.24, 2.45) is 0 Å². The lowest BCUT2D eigenvalue weighted by Crippen LogP contribution is -2.35. The zero-order valence-electron chi connectivity index (χ0n) is 15.3. The quantitative estimate of drug-likeness (QED) is 0.742. The molecule has 0 bridgehead atoms. The highest BCUT2D eigenvalue weighted by atomic mass is 32.1. The molecule has 1 fully saturated rings. The molecule has 1 N–H and O–H groups in total. The molecule has 0 amide bonds. The maximum atomic E-state index is 9.24. The van der Waals surface area contributed by atoms with Gasteiger partial charge in [0.05, 0.1) is 5.39 Å². The van der Waals surface area contributed by atoms with Gasteiger partial charge in [0.2, 0.25) is 5.88 Å². The molecule has 1 aliphatic carbocycles. The van der Waals surface area contributed by atoms with E-state index < -0.39 is 0 Å². The third kappa shape index (κ3) is 3.41. The van der Waals surface area contributed by atoms with E-state index in [1.807, 2.05) is 0 Å². The van der Waals surface area contributed by atoms with Gasteiger partial charge in [0.15, 0.2) is 0 Å². The fraction of sp³-hybridized carbons (Fsp3) is 0.500. The number of benzene rings is 1. The molecule has 5 nitrogen and oxygen atoms in total. The number of aliphatic hydroxyl groups excluding tert-OH is 1. The lowest BCUT2D eigenvalue weighted by atomic mass is 9.92. The highest BCUT2D eigenvalue weighted by Crippen LogP contribution is 2.38. The Morgan fingerprint density at radius 1 is 1.19 bits per heavy atom. The monoisotopic (exact) mass is 371 g/mol. The second-order valence-electron chi connectivity index (χ2n) is 7.28. The molecular formula is C20H25N3O2S. The number of ether oxygens (including phenoxy) is 1. The van der Waals surface area contributed by atoms with Gasteiger partial charge in [-0.3, -0.25) is 0 Å². The lowest BCUT2D eigenvalue weighted by Gasteiger charge is -2.32. The zero-order chi connectivity index (χ0) is 18.1. The highest BCUT2D eigenvalue weighted by Gasteiger charge is 2.25. The normalized spacial score (nSPS) is 20.9. The van der Waals surface area contributed by atoms with Crippen LogP contribution in [0.4, 0.5) is 0 Å².